The number of hydrogen-bond acceptors (Lipinski definition) is 2. The molecule has 0 spiro atoms. The number of hydrogen-bond donors (Lipinski definition) is 0. The van der Waals surface area contributed by atoms with Crippen molar-refractivity contribution in [2.24, 2.45) is 0 Å². The first kappa shape index (κ1) is 14.1. The van der Waals surface area contributed by atoms with Gasteiger partial charge in [-0.1, -0.05) is 0 Å². The summed E-state index contributed by atoms with van der Waals surface area (Å²) in [7, 11) is -6.00. The molecule has 86 valence electrons. The zero-order valence-electron chi connectivity index (χ0n) is 8.20. The number of rotatable bonds is 1. The molecule has 0 atom stereocenters. The average molecular weight is 234 g/mol. The predicted molar refractivity (Wildman–Crippen MR) is 51.4 cm³/mol. The Hall–Kier alpha value is -1.91. The van der Waals surface area contributed by atoms with Crippen LogP contribution in [0.1, 0.15) is 17.3 Å². The Morgan fingerprint density at radius 1 is 1.19 bits per heavy atom. The van der Waals surface area contributed by atoms with Gasteiger partial charge < -0.3 is 17.3 Å². The van der Waals surface area contributed by atoms with Crippen molar-refractivity contribution in [2.75, 3.05) is 0 Å². The lowest BCUT2D eigenvalue weighted by Gasteiger charge is -1.94. The molecular formula is C8H7BF4N2O. The van der Waals surface area contributed by atoms with Crippen molar-refractivity contribution >= 4 is 18.7 Å². The highest BCUT2D eigenvalue weighted by Gasteiger charge is 2.20. The number of carbonyl (C=O) groups excluding carboxylic acids is 1. The van der Waals surface area contributed by atoms with Gasteiger partial charge in [-0.05, 0) is 19.1 Å². The maximum atomic E-state index is 10.8. The molecule has 0 saturated carbocycles. The minimum atomic E-state index is -6.00. The van der Waals surface area contributed by atoms with Crippen molar-refractivity contribution in [3.05, 3.63) is 34.8 Å². The second kappa shape index (κ2) is 5.85. The molecule has 0 saturated heterocycles. The molecule has 0 heterocycles. The molecule has 0 aromatic heterocycles. The van der Waals surface area contributed by atoms with Gasteiger partial charge in [-0.2, -0.15) is 0 Å². The van der Waals surface area contributed by atoms with Gasteiger partial charge in [0.05, 0.1) is 0 Å². The Morgan fingerprint density at radius 2 is 1.56 bits per heavy atom. The Kier molecular flexibility index (Phi) is 5.15. The quantitative estimate of drug-likeness (QED) is 0.322. The summed E-state index contributed by atoms with van der Waals surface area (Å²) in [5.41, 5.74) is 1.08. The zero-order chi connectivity index (χ0) is 12.8. The lowest BCUT2D eigenvalue weighted by Crippen LogP contribution is -2.02. The van der Waals surface area contributed by atoms with Gasteiger partial charge >= 0.3 is 12.9 Å². The first-order chi connectivity index (χ1) is 7.24. The van der Waals surface area contributed by atoms with Gasteiger partial charge in [0.15, 0.2) is 10.8 Å². The van der Waals surface area contributed by atoms with Gasteiger partial charge in [0, 0.05) is 17.7 Å². The first-order valence-corrected chi connectivity index (χ1v) is 4.07. The van der Waals surface area contributed by atoms with E-state index in [1.54, 1.807) is 24.3 Å². The van der Waals surface area contributed by atoms with Crippen molar-refractivity contribution < 1.29 is 22.1 Å². The van der Waals surface area contributed by atoms with E-state index in [9.17, 15) is 22.1 Å². The van der Waals surface area contributed by atoms with E-state index in [2.05, 4.69) is 4.98 Å². The van der Waals surface area contributed by atoms with E-state index in [1.807, 2.05) is 0 Å². The van der Waals surface area contributed by atoms with Crippen LogP contribution in [0, 0.1) is 5.39 Å². The number of carbonyl (C=O) groups is 1. The molecule has 0 unspecified atom stereocenters. The Morgan fingerprint density at radius 3 is 1.81 bits per heavy atom. The number of ketones is 1. The van der Waals surface area contributed by atoms with Gasteiger partial charge in [0.25, 0.3) is 0 Å². The van der Waals surface area contributed by atoms with Gasteiger partial charge in [-0.3, -0.25) is 4.79 Å². The summed E-state index contributed by atoms with van der Waals surface area (Å²) in [6, 6.07) is 6.40. The van der Waals surface area contributed by atoms with Crippen LogP contribution in [-0.4, -0.2) is 13.0 Å². The minimum absolute atomic E-state index is 0.00879. The first-order valence-electron chi connectivity index (χ1n) is 4.07. The number of benzene rings is 1. The smallest absolute Gasteiger partial charge is 0.418 e. The van der Waals surface area contributed by atoms with Gasteiger partial charge in [-0.15, -0.1) is 0 Å². The van der Waals surface area contributed by atoms with E-state index in [4.69, 9.17) is 5.39 Å². The molecule has 0 aliphatic heterocycles. The fraction of sp³-hybridized carbons (Fsp3) is 0.125. The Balaban J connectivity index is 0.000000385. The number of diazo groups is 1. The summed E-state index contributed by atoms with van der Waals surface area (Å²) >= 11 is 0. The lowest BCUT2D eigenvalue weighted by molar-refractivity contribution is 0.101. The van der Waals surface area contributed by atoms with Crippen molar-refractivity contribution in [2.45, 2.75) is 6.92 Å². The number of halogens is 4. The molecule has 0 radical (unpaired) electrons. The molecule has 0 bridgehead atoms. The lowest BCUT2D eigenvalue weighted by atomic mass is 10.1. The van der Waals surface area contributed by atoms with Crippen LogP contribution < -0.4 is 0 Å². The normalized spacial score (nSPS) is 9.75. The van der Waals surface area contributed by atoms with E-state index in [-0.39, 0.29) is 5.78 Å². The van der Waals surface area contributed by atoms with Crippen molar-refractivity contribution in [3.63, 3.8) is 0 Å². The van der Waals surface area contributed by atoms with Crippen LogP contribution >= 0.6 is 0 Å². The van der Waals surface area contributed by atoms with E-state index in [1.165, 1.54) is 6.92 Å². The Bertz CT molecular complexity index is 390. The summed E-state index contributed by atoms with van der Waals surface area (Å²) in [4.78, 5) is 13.7. The maximum absolute atomic E-state index is 10.8. The molecule has 1 rings (SSSR count). The van der Waals surface area contributed by atoms with Gasteiger partial charge in [-0.25, -0.2) is 0 Å². The molecule has 3 nitrogen and oxygen atoms in total. The molecule has 0 N–H and O–H groups in total. The second-order valence-corrected chi connectivity index (χ2v) is 2.70. The standard InChI is InChI=1S/C8H7N2O.BF4/c1-6(11)7-2-4-8(10-9)5-3-7;2-1(3,4)5/h2-5H,1H3;/q+1;-1. The van der Waals surface area contributed by atoms with Crippen LogP contribution in [0.3, 0.4) is 0 Å². The fourth-order valence-electron chi connectivity index (χ4n) is 0.763. The molecular weight excluding hydrogens is 227 g/mol. The maximum Gasteiger partial charge on any atom is 0.673 e. The summed E-state index contributed by atoms with van der Waals surface area (Å²) in [6.45, 7) is 1.49. The molecule has 0 aliphatic carbocycles. The van der Waals surface area contributed by atoms with E-state index >= 15 is 0 Å². The van der Waals surface area contributed by atoms with Crippen LogP contribution in [0.25, 0.3) is 4.98 Å². The topological polar surface area (TPSA) is 45.2 Å². The molecule has 0 aliphatic rings. The summed E-state index contributed by atoms with van der Waals surface area (Å²) in [6.07, 6.45) is 0. The van der Waals surface area contributed by atoms with Gasteiger partial charge in [0.2, 0.25) is 5.39 Å². The third-order valence-electron chi connectivity index (χ3n) is 1.39. The number of Topliss-reactive ketones (excluding diaryl/α,β-unsaturated/α-hetero) is 1. The highest BCUT2D eigenvalue weighted by Crippen LogP contribution is 2.12. The molecule has 1 aromatic rings. The van der Waals surface area contributed by atoms with Crippen LogP contribution in [-0.2, 0) is 0 Å². The monoisotopic (exact) mass is 234 g/mol. The molecule has 8 heteroatoms. The highest BCUT2D eigenvalue weighted by atomic mass is 19.5. The van der Waals surface area contributed by atoms with Crippen LogP contribution in [0.4, 0.5) is 23.0 Å². The van der Waals surface area contributed by atoms with Crippen molar-refractivity contribution in [3.8, 4) is 0 Å². The summed E-state index contributed by atoms with van der Waals surface area (Å²) in [5, 5.41) is 8.31. The van der Waals surface area contributed by atoms with E-state index in [0.29, 0.717) is 11.3 Å². The SMILES string of the molecule is CC(=O)c1ccc([N+]#N)cc1.F[B-](F)(F)F. The largest absolute Gasteiger partial charge is 0.673 e. The Labute approximate surface area is 88.8 Å². The van der Waals surface area contributed by atoms with E-state index in [0.717, 1.165) is 0 Å². The summed E-state index contributed by atoms with van der Waals surface area (Å²) < 4.78 is 39.0. The fourth-order valence-corrected chi connectivity index (χ4v) is 0.763. The molecule has 0 fully saturated rings. The third kappa shape index (κ3) is 7.49. The highest BCUT2D eigenvalue weighted by molar-refractivity contribution is 6.50. The summed E-state index contributed by atoms with van der Waals surface area (Å²) in [5.74, 6) is 0.00879. The van der Waals surface area contributed by atoms with E-state index < -0.39 is 7.25 Å². The van der Waals surface area contributed by atoms with Gasteiger partial charge in [0.1, 0.15) is 0 Å². The van der Waals surface area contributed by atoms with Crippen LogP contribution in [0.15, 0.2) is 24.3 Å². The van der Waals surface area contributed by atoms with Crippen molar-refractivity contribution in [1.29, 1.82) is 5.39 Å². The average Bonchev–Trinajstić information content (AvgIpc) is 2.15. The van der Waals surface area contributed by atoms with Crippen molar-refractivity contribution in [1.82, 2.24) is 0 Å². The second-order valence-electron chi connectivity index (χ2n) is 2.70. The number of nitrogens with zero attached hydrogens (tertiary/aromatic N) is 2. The zero-order valence-corrected chi connectivity index (χ0v) is 8.20. The minimum Gasteiger partial charge on any atom is -0.418 e. The molecule has 16 heavy (non-hydrogen) atoms. The predicted octanol–water partition coefficient (Wildman–Crippen LogP) is 3.67. The van der Waals surface area contributed by atoms with Crippen LogP contribution in [0.5, 0.6) is 0 Å². The molecule has 0 amide bonds. The van der Waals surface area contributed by atoms with Crippen LogP contribution in [0.2, 0.25) is 0 Å². The third-order valence-corrected chi connectivity index (χ3v) is 1.39. The molecule has 1 aromatic carbocycles.